The molecule has 1 spiro atoms. The van der Waals surface area contributed by atoms with Crippen LogP contribution >= 0.6 is 0 Å². The number of ether oxygens (including phenoxy) is 1. The summed E-state index contributed by atoms with van der Waals surface area (Å²) >= 11 is 0. The number of halogens is 6. The number of carbonyl (C=O) groups excluding carboxylic acids is 2. The zero-order valence-corrected chi connectivity index (χ0v) is 20.1. The summed E-state index contributed by atoms with van der Waals surface area (Å²) in [4.78, 5) is 26.6. The van der Waals surface area contributed by atoms with Crippen molar-refractivity contribution in [2.45, 2.75) is 56.5 Å². The van der Waals surface area contributed by atoms with E-state index in [1.54, 1.807) is 30.0 Å². The van der Waals surface area contributed by atoms with E-state index >= 15 is 0 Å². The van der Waals surface area contributed by atoms with Gasteiger partial charge in [0.05, 0.1) is 17.8 Å². The molecule has 0 saturated carbocycles. The Kier molecular flexibility index (Phi) is 7.33. The van der Waals surface area contributed by atoms with Gasteiger partial charge in [-0.25, -0.2) is 0 Å². The van der Waals surface area contributed by atoms with Gasteiger partial charge in [-0.3, -0.25) is 9.59 Å². The molecule has 2 aliphatic rings. The molecular weight excluding hydrogens is 504 g/mol. The van der Waals surface area contributed by atoms with Crippen LogP contribution in [0.3, 0.4) is 0 Å². The van der Waals surface area contributed by atoms with Crippen LogP contribution in [0.1, 0.15) is 66.6 Å². The van der Waals surface area contributed by atoms with Gasteiger partial charge in [-0.1, -0.05) is 0 Å². The van der Waals surface area contributed by atoms with E-state index < -0.39 is 30.1 Å². The first-order valence-electron chi connectivity index (χ1n) is 12.0. The number of amides is 1. The minimum absolute atomic E-state index is 0. The number of ketones is 1. The lowest BCUT2D eigenvalue weighted by molar-refractivity contribution is -0.136. The average molecular weight is 534 g/mol. The van der Waals surface area contributed by atoms with Crippen molar-refractivity contribution in [1.29, 1.82) is 0 Å². The highest BCUT2D eigenvalue weighted by atomic mass is 19.4. The van der Waals surface area contributed by atoms with Gasteiger partial charge in [-0.05, 0) is 62.6 Å². The lowest BCUT2D eigenvalue weighted by atomic mass is 9.82. The number of benzene rings is 1. The average Bonchev–Trinajstić information content (AvgIpc) is 3.30. The van der Waals surface area contributed by atoms with E-state index in [1.165, 1.54) is 22.8 Å². The summed E-state index contributed by atoms with van der Waals surface area (Å²) < 4.78 is 82.8. The highest BCUT2D eigenvalue weighted by molar-refractivity contribution is 5.99. The lowest BCUT2D eigenvalue weighted by Gasteiger charge is -2.47. The van der Waals surface area contributed by atoms with Crippen molar-refractivity contribution >= 4 is 11.7 Å². The summed E-state index contributed by atoms with van der Waals surface area (Å²) in [7, 11) is 0. The number of piperidine rings is 1. The Balaban J connectivity index is 0.00000400. The monoisotopic (exact) mass is 533 g/mol. The third-order valence-corrected chi connectivity index (χ3v) is 6.95. The van der Waals surface area contributed by atoms with Crippen LogP contribution in [0.4, 0.5) is 26.3 Å². The zero-order chi connectivity index (χ0) is 27.0. The molecule has 0 bridgehead atoms. The molecule has 3 heterocycles. The number of hydrogen-bond acceptors (Lipinski definition) is 4. The Morgan fingerprint density at radius 3 is 2.30 bits per heavy atom. The number of rotatable bonds is 6. The fourth-order valence-electron chi connectivity index (χ4n) is 5.03. The molecule has 1 saturated heterocycles. The Morgan fingerprint density at radius 2 is 1.70 bits per heavy atom. The van der Waals surface area contributed by atoms with Gasteiger partial charge in [0.1, 0.15) is 5.75 Å². The molecule has 4 rings (SSSR count). The van der Waals surface area contributed by atoms with Gasteiger partial charge in [-0.15, -0.1) is 0 Å². The van der Waals surface area contributed by atoms with Crippen molar-refractivity contribution in [3.63, 3.8) is 0 Å². The largest absolute Gasteiger partial charge is 0.494 e. The fraction of sp³-hybridized carbons (Fsp3) is 0.520. The second-order valence-corrected chi connectivity index (χ2v) is 9.50. The highest BCUT2D eigenvalue weighted by Crippen LogP contribution is 2.40. The summed E-state index contributed by atoms with van der Waals surface area (Å²) in [5.74, 6) is -1.74. The molecule has 0 radical (unpaired) electrons. The number of likely N-dealkylation sites (tertiary alicyclic amines) is 1. The Morgan fingerprint density at radius 1 is 1.05 bits per heavy atom. The second kappa shape index (κ2) is 10.0. The molecule has 1 N–H and O–H groups in total. The van der Waals surface area contributed by atoms with Crippen LogP contribution in [0.2, 0.25) is 0 Å². The maximum atomic E-state index is 13.1. The SMILES string of the molecule is CC1CNC2(CCN(C(=O)c3ccc(OCCCC(F)(F)F)cc3)CC2)c2ccc(C(=O)C(F)(F)F)n21.[HH]. The minimum Gasteiger partial charge on any atom is -0.494 e. The van der Waals surface area contributed by atoms with Crippen molar-refractivity contribution in [2.75, 3.05) is 26.2 Å². The maximum Gasteiger partial charge on any atom is 0.456 e. The number of carbonyl (C=O) groups is 2. The van der Waals surface area contributed by atoms with Crippen LogP contribution in [0.15, 0.2) is 36.4 Å². The molecule has 12 heteroatoms. The van der Waals surface area contributed by atoms with Crippen LogP contribution in [0.5, 0.6) is 5.75 Å². The Labute approximate surface area is 211 Å². The topological polar surface area (TPSA) is 63.6 Å². The van der Waals surface area contributed by atoms with Crippen molar-refractivity contribution in [3.8, 4) is 5.75 Å². The van der Waals surface area contributed by atoms with Gasteiger partial charge in [-0.2, -0.15) is 26.3 Å². The molecule has 1 aromatic heterocycles. The number of hydrogen-bond donors (Lipinski definition) is 1. The smallest absolute Gasteiger partial charge is 0.456 e. The molecule has 1 fully saturated rings. The number of aromatic nitrogens is 1. The first-order chi connectivity index (χ1) is 17.3. The van der Waals surface area contributed by atoms with Gasteiger partial charge in [0.25, 0.3) is 11.7 Å². The third-order valence-electron chi connectivity index (χ3n) is 6.95. The van der Waals surface area contributed by atoms with Crippen LogP contribution in [0.25, 0.3) is 0 Å². The fourth-order valence-corrected chi connectivity index (χ4v) is 5.03. The van der Waals surface area contributed by atoms with Crippen LogP contribution in [0, 0.1) is 0 Å². The molecule has 37 heavy (non-hydrogen) atoms. The van der Waals surface area contributed by atoms with Gasteiger partial charge in [0, 0.05) is 44.8 Å². The van der Waals surface area contributed by atoms with Gasteiger partial charge < -0.3 is 19.5 Å². The predicted octanol–water partition coefficient (Wildman–Crippen LogP) is 5.50. The summed E-state index contributed by atoms with van der Waals surface area (Å²) in [6, 6.07) is 8.60. The predicted molar refractivity (Wildman–Crippen MR) is 124 cm³/mol. The number of nitrogens with zero attached hydrogens (tertiary/aromatic N) is 2. The molecule has 1 aromatic carbocycles. The molecule has 2 aliphatic heterocycles. The van der Waals surface area contributed by atoms with Gasteiger partial charge in [0.2, 0.25) is 0 Å². The zero-order valence-electron chi connectivity index (χ0n) is 20.1. The molecule has 2 aromatic rings. The van der Waals surface area contributed by atoms with Crippen molar-refractivity contribution < 1.29 is 42.1 Å². The second-order valence-electron chi connectivity index (χ2n) is 9.50. The number of fused-ring (bicyclic) bond motifs is 2. The third kappa shape index (κ3) is 5.78. The van der Waals surface area contributed by atoms with Crippen LogP contribution in [-0.4, -0.2) is 59.8 Å². The molecule has 1 unspecified atom stereocenters. The maximum absolute atomic E-state index is 13.1. The summed E-state index contributed by atoms with van der Waals surface area (Å²) in [5.41, 5.74) is -0.0278. The standard InChI is InChI=1S/C25H27F6N3O3.H2/c1-16-15-32-23(20-8-7-19(34(16)20)21(35)25(29,30)31)10-12-33(13-11-23)22(36)17-3-5-18(6-4-17)37-14-2-9-24(26,27)28;/h3-8,16,32H,2,9-15H2,1H3;1H. The Hall–Kier alpha value is -3.02. The van der Waals surface area contributed by atoms with Crippen LogP contribution < -0.4 is 10.1 Å². The van der Waals surface area contributed by atoms with Gasteiger partial charge >= 0.3 is 12.4 Å². The quantitative estimate of drug-likeness (QED) is 0.303. The molecule has 0 aliphatic carbocycles. The Bertz CT molecular complexity index is 1140. The summed E-state index contributed by atoms with van der Waals surface area (Å²) in [5, 5.41) is 3.43. The molecule has 6 nitrogen and oxygen atoms in total. The summed E-state index contributed by atoms with van der Waals surface area (Å²) in [6.07, 6.45) is -9.39. The number of nitrogens with one attached hydrogen (secondary N) is 1. The van der Waals surface area contributed by atoms with E-state index in [-0.39, 0.29) is 32.1 Å². The van der Waals surface area contributed by atoms with E-state index in [2.05, 4.69) is 5.32 Å². The van der Waals surface area contributed by atoms with E-state index in [1.807, 2.05) is 0 Å². The van der Waals surface area contributed by atoms with Crippen LogP contribution in [-0.2, 0) is 5.54 Å². The van der Waals surface area contributed by atoms with Gasteiger partial charge in [0.15, 0.2) is 0 Å². The van der Waals surface area contributed by atoms with E-state index in [4.69, 9.17) is 4.74 Å². The molecule has 204 valence electrons. The van der Waals surface area contributed by atoms with E-state index in [0.717, 1.165) is 0 Å². The lowest BCUT2D eigenvalue weighted by Crippen LogP contribution is -2.57. The molecular formula is C25H29F6N3O3. The van der Waals surface area contributed by atoms with Crippen molar-refractivity contribution in [1.82, 2.24) is 14.8 Å². The van der Waals surface area contributed by atoms with E-state index in [0.29, 0.717) is 49.5 Å². The number of alkyl halides is 6. The van der Waals surface area contributed by atoms with Crippen molar-refractivity contribution in [2.24, 2.45) is 0 Å². The first-order valence-corrected chi connectivity index (χ1v) is 12.0. The first kappa shape index (κ1) is 27.0. The molecule has 1 amide bonds. The molecule has 1 atom stereocenters. The van der Waals surface area contributed by atoms with Crippen molar-refractivity contribution in [3.05, 3.63) is 53.3 Å². The number of Topliss-reactive ketones (excluding diaryl/α,β-unsaturated/α-hetero) is 1. The van der Waals surface area contributed by atoms with E-state index in [9.17, 15) is 35.9 Å². The minimum atomic E-state index is -4.97. The highest BCUT2D eigenvalue weighted by Gasteiger charge is 2.47. The summed E-state index contributed by atoms with van der Waals surface area (Å²) in [6.45, 7) is 2.75. The normalized spacial score (nSPS) is 19.5.